The van der Waals surface area contributed by atoms with E-state index in [1.165, 1.54) is 0 Å². The number of halogens is 2. The van der Waals surface area contributed by atoms with E-state index in [4.69, 9.17) is 11.6 Å². The highest BCUT2D eigenvalue weighted by molar-refractivity contribution is 9.10. The second kappa shape index (κ2) is 6.75. The summed E-state index contributed by atoms with van der Waals surface area (Å²) in [6.07, 6.45) is 0. The summed E-state index contributed by atoms with van der Waals surface area (Å²) in [4.78, 5) is 23.4. The largest absolute Gasteiger partial charge is 0.355 e. The second-order valence-corrected chi connectivity index (χ2v) is 5.00. The van der Waals surface area contributed by atoms with Crippen LogP contribution < -0.4 is 10.6 Å². The maximum absolute atomic E-state index is 11.9. The van der Waals surface area contributed by atoms with Gasteiger partial charge in [-0.15, -0.1) is 0 Å². The molecule has 98 valence electrons. The van der Waals surface area contributed by atoms with Crippen LogP contribution in [0.2, 0.25) is 5.02 Å². The van der Waals surface area contributed by atoms with Crippen LogP contribution in [0.1, 0.15) is 24.2 Å². The maximum Gasteiger partial charge on any atom is 0.253 e. The van der Waals surface area contributed by atoms with Crippen molar-refractivity contribution in [3.05, 3.63) is 33.3 Å². The molecule has 0 spiro atoms. The summed E-state index contributed by atoms with van der Waals surface area (Å²) in [5, 5.41) is 5.79. The number of carbonyl (C=O) groups excluding carboxylic acids is 2. The highest BCUT2D eigenvalue weighted by atomic mass is 79.9. The number of likely N-dealkylation sites (N-methyl/N-ethyl adjacent to an activating group) is 1. The molecule has 0 radical (unpaired) electrons. The van der Waals surface area contributed by atoms with Crippen LogP contribution in [-0.2, 0) is 4.79 Å². The first-order valence-corrected chi connectivity index (χ1v) is 6.66. The van der Waals surface area contributed by atoms with E-state index in [9.17, 15) is 9.59 Å². The lowest BCUT2D eigenvalue weighted by Gasteiger charge is -2.14. The van der Waals surface area contributed by atoms with Gasteiger partial charge in [0.15, 0.2) is 0 Å². The number of hydrogen-bond acceptors (Lipinski definition) is 2. The van der Waals surface area contributed by atoms with Gasteiger partial charge in [0.25, 0.3) is 5.91 Å². The Morgan fingerprint density at radius 1 is 1.44 bits per heavy atom. The van der Waals surface area contributed by atoms with E-state index in [2.05, 4.69) is 26.6 Å². The molecule has 1 aromatic carbocycles. The van der Waals surface area contributed by atoms with E-state index in [0.29, 0.717) is 21.6 Å². The molecule has 0 aliphatic carbocycles. The van der Waals surface area contributed by atoms with Crippen molar-refractivity contribution in [3.63, 3.8) is 0 Å². The molecule has 0 heterocycles. The minimum atomic E-state index is -0.583. The monoisotopic (exact) mass is 332 g/mol. The first-order valence-electron chi connectivity index (χ1n) is 5.49. The first-order chi connectivity index (χ1) is 8.45. The lowest BCUT2D eigenvalue weighted by molar-refractivity contribution is -0.122. The van der Waals surface area contributed by atoms with Crippen LogP contribution in [0.25, 0.3) is 0 Å². The van der Waals surface area contributed by atoms with E-state index in [-0.39, 0.29) is 11.8 Å². The zero-order valence-corrected chi connectivity index (χ0v) is 12.4. The fraction of sp³-hybridized carbons (Fsp3) is 0.333. The standard InChI is InChI=1S/C12H14BrClN2O2/c1-3-15-11(17)7(2)16-12(18)9-5-4-8(14)6-10(9)13/h4-7H,3H2,1-2H3,(H,15,17)(H,16,18). The van der Waals surface area contributed by atoms with Gasteiger partial charge < -0.3 is 10.6 Å². The Balaban J connectivity index is 2.73. The van der Waals surface area contributed by atoms with Crippen molar-refractivity contribution in [2.45, 2.75) is 19.9 Å². The number of benzene rings is 1. The summed E-state index contributed by atoms with van der Waals surface area (Å²) in [6.45, 7) is 3.98. The third-order valence-corrected chi connectivity index (χ3v) is 3.16. The van der Waals surface area contributed by atoms with E-state index in [0.717, 1.165) is 0 Å². The Bertz CT molecular complexity index is 465. The predicted molar refractivity (Wildman–Crippen MR) is 74.8 cm³/mol. The van der Waals surface area contributed by atoms with Crippen LogP contribution in [0.4, 0.5) is 0 Å². The minimum Gasteiger partial charge on any atom is -0.355 e. The Morgan fingerprint density at radius 3 is 2.67 bits per heavy atom. The molecular formula is C12H14BrClN2O2. The van der Waals surface area contributed by atoms with Crippen LogP contribution in [0, 0.1) is 0 Å². The molecule has 0 fully saturated rings. The number of rotatable bonds is 4. The highest BCUT2D eigenvalue weighted by Crippen LogP contribution is 2.21. The summed E-state index contributed by atoms with van der Waals surface area (Å²) in [5.74, 6) is -0.534. The Labute approximate surface area is 119 Å². The number of carbonyl (C=O) groups is 2. The van der Waals surface area contributed by atoms with Crippen LogP contribution >= 0.6 is 27.5 Å². The van der Waals surface area contributed by atoms with Gasteiger partial charge in [0.1, 0.15) is 6.04 Å². The van der Waals surface area contributed by atoms with Crippen molar-refractivity contribution >= 4 is 39.3 Å². The average Bonchev–Trinajstić information content (AvgIpc) is 2.28. The van der Waals surface area contributed by atoms with E-state index >= 15 is 0 Å². The van der Waals surface area contributed by atoms with Gasteiger partial charge in [-0.1, -0.05) is 11.6 Å². The highest BCUT2D eigenvalue weighted by Gasteiger charge is 2.17. The fourth-order valence-electron chi connectivity index (χ4n) is 1.34. The van der Waals surface area contributed by atoms with Gasteiger partial charge >= 0.3 is 0 Å². The number of nitrogens with one attached hydrogen (secondary N) is 2. The molecule has 6 heteroatoms. The predicted octanol–water partition coefficient (Wildman–Crippen LogP) is 2.36. The molecule has 0 bridgehead atoms. The van der Waals surface area contributed by atoms with E-state index < -0.39 is 6.04 Å². The normalized spacial score (nSPS) is 11.8. The number of amides is 2. The van der Waals surface area contributed by atoms with Crippen molar-refractivity contribution in [1.29, 1.82) is 0 Å². The molecule has 4 nitrogen and oxygen atoms in total. The van der Waals surface area contributed by atoms with Gasteiger partial charge in [-0.2, -0.15) is 0 Å². The van der Waals surface area contributed by atoms with Crippen molar-refractivity contribution in [1.82, 2.24) is 10.6 Å². The lowest BCUT2D eigenvalue weighted by Crippen LogP contribution is -2.44. The Kier molecular flexibility index (Phi) is 5.62. The quantitative estimate of drug-likeness (QED) is 0.888. The molecule has 1 unspecified atom stereocenters. The number of hydrogen-bond donors (Lipinski definition) is 2. The van der Waals surface area contributed by atoms with Gasteiger partial charge in [0, 0.05) is 16.0 Å². The molecule has 0 aliphatic rings. The zero-order chi connectivity index (χ0) is 13.7. The smallest absolute Gasteiger partial charge is 0.253 e. The molecule has 2 amide bonds. The summed E-state index contributed by atoms with van der Waals surface area (Å²) in [5.41, 5.74) is 0.440. The van der Waals surface area contributed by atoms with Gasteiger partial charge in [0.2, 0.25) is 5.91 Å². The van der Waals surface area contributed by atoms with Crippen LogP contribution in [0.15, 0.2) is 22.7 Å². The maximum atomic E-state index is 11.9. The summed E-state index contributed by atoms with van der Waals surface area (Å²) in [6, 6.07) is 4.28. The van der Waals surface area contributed by atoms with Gasteiger partial charge in [-0.05, 0) is 48.0 Å². The summed E-state index contributed by atoms with van der Waals surface area (Å²) < 4.78 is 0.593. The molecular weight excluding hydrogens is 320 g/mol. The van der Waals surface area contributed by atoms with Gasteiger partial charge in [-0.25, -0.2) is 0 Å². The molecule has 18 heavy (non-hydrogen) atoms. The second-order valence-electron chi connectivity index (χ2n) is 3.71. The van der Waals surface area contributed by atoms with Crippen molar-refractivity contribution in [2.24, 2.45) is 0 Å². The minimum absolute atomic E-state index is 0.212. The molecule has 0 aromatic heterocycles. The molecule has 0 saturated carbocycles. The topological polar surface area (TPSA) is 58.2 Å². The van der Waals surface area contributed by atoms with Crippen LogP contribution in [0.5, 0.6) is 0 Å². The van der Waals surface area contributed by atoms with Gasteiger partial charge in [-0.3, -0.25) is 9.59 Å². The molecule has 1 atom stereocenters. The zero-order valence-electron chi connectivity index (χ0n) is 10.1. The molecule has 0 saturated heterocycles. The summed E-state index contributed by atoms with van der Waals surface area (Å²) >= 11 is 9.05. The van der Waals surface area contributed by atoms with E-state index in [1.54, 1.807) is 25.1 Å². The molecule has 1 rings (SSSR count). The van der Waals surface area contributed by atoms with Gasteiger partial charge in [0.05, 0.1) is 5.56 Å². The van der Waals surface area contributed by atoms with Crippen LogP contribution in [0.3, 0.4) is 0 Å². The third-order valence-electron chi connectivity index (χ3n) is 2.27. The van der Waals surface area contributed by atoms with Crippen molar-refractivity contribution < 1.29 is 9.59 Å². The SMILES string of the molecule is CCNC(=O)C(C)NC(=O)c1ccc(Cl)cc1Br. The Morgan fingerprint density at radius 2 is 2.11 bits per heavy atom. The fourth-order valence-corrected chi connectivity index (χ4v) is 2.20. The summed E-state index contributed by atoms with van der Waals surface area (Å²) in [7, 11) is 0. The molecule has 2 N–H and O–H groups in total. The molecule has 1 aromatic rings. The molecule has 0 aliphatic heterocycles. The lowest BCUT2D eigenvalue weighted by atomic mass is 10.2. The average molecular weight is 334 g/mol. The van der Waals surface area contributed by atoms with E-state index in [1.807, 2.05) is 6.92 Å². The van der Waals surface area contributed by atoms with Crippen molar-refractivity contribution in [2.75, 3.05) is 6.54 Å². The third kappa shape index (κ3) is 3.99. The van der Waals surface area contributed by atoms with Crippen molar-refractivity contribution in [3.8, 4) is 0 Å². The Hall–Kier alpha value is -1.07. The van der Waals surface area contributed by atoms with Crippen LogP contribution in [-0.4, -0.2) is 24.4 Å². The first kappa shape index (κ1) is 15.0.